The van der Waals surface area contributed by atoms with Crippen molar-refractivity contribution in [1.82, 2.24) is 5.32 Å². The van der Waals surface area contributed by atoms with E-state index in [-0.39, 0.29) is 23.6 Å². The summed E-state index contributed by atoms with van der Waals surface area (Å²) in [6, 6.07) is 16.2. The molecule has 27 heavy (non-hydrogen) atoms. The van der Waals surface area contributed by atoms with Crippen molar-refractivity contribution in [3.8, 4) is 11.1 Å². The van der Waals surface area contributed by atoms with Crippen LogP contribution in [0.3, 0.4) is 0 Å². The fourth-order valence-corrected chi connectivity index (χ4v) is 3.35. The Morgan fingerprint density at radius 2 is 1.74 bits per heavy atom. The Hall–Kier alpha value is -2.86. The number of hydrogen-bond donors (Lipinski definition) is 2. The molecular weight excluding hydrogens is 342 g/mol. The number of benzene rings is 2. The zero-order valence-corrected chi connectivity index (χ0v) is 15.3. The van der Waals surface area contributed by atoms with Gasteiger partial charge in [-0.25, -0.2) is 4.79 Å². The molecule has 1 saturated carbocycles. The van der Waals surface area contributed by atoms with E-state index in [9.17, 15) is 9.59 Å². The van der Waals surface area contributed by atoms with Crippen LogP contribution in [-0.4, -0.2) is 31.2 Å². The molecular formula is C21H23N3O3. The zero-order chi connectivity index (χ0) is 19.0. The topological polar surface area (TPSA) is 84.7 Å². The predicted octanol–water partition coefficient (Wildman–Crippen LogP) is 2.76. The molecule has 2 aromatic carbocycles. The lowest BCUT2D eigenvalue weighted by Gasteiger charge is -2.14. The largest absolute Gasteiger partial charge is 0.442 e. The van der Waals surface area contributed by atoms with Crippen LogP contribution in [0, 0.1) is 0 Å². The molecule has 0 aromatic heterocycles. The number of nitrogens with zero attached hydrogens (tertiary/aromatic N) is 1. The molecule has 1 heterocycles. The second-order valence-electron chi connectivity index (χ2n) is 7.33. The molecule has 6 heteroatoms. The molecule has 0 radical (unpaired) electrons. The van der Waals surface area contributed by atoms with Crippen molar-refractivity contribution in [3.05, 3.63) is 54.1 Å². The third-order valence-electron chi connectivity index (χ3n) is 5.21. The van der Waals surface area contributed by atoms with Crippen LogP contribution in [0.25, 0.3) is 11.1 Å². The number of carbonyl (C=O) groups is 2. The third-order valence-corrected chi connectivity index (χ3v) is 5.21. The van der Waals surface area contributed by atoms with Crippen molar-refractivity contribution in [2.75, 3.05) is 18.0 Å². The Morgan fingerprint density at radius 1 is 1.15 bits per heavy atom. The molecule has 4 rings (SSSR count). The second-order valence-corrected chi connectivity index (χ2v) is 7.33. The van der Waals surface area contributed by atoms with Crippen LogP contribution in [0.5, 0.6) is 0 Å². The fraction of sp³-hybridized carbons (Fsp3) is 0.333. The van der Waals surface area contributed by atoms with Crippen LogP contribution in [0.4, 0.5) is 10.5 Å². The molecule has 2 aromatic rings. The van der Waals surface area contributed by atoms with Crippen molar-refractivity contribution in [2.24, 2.45) is 5.73 Å². The summed E-state index contributed by atoms with van der Waals surface area (Å²) < 4.78 is 5.31. The van der Waals surface area contributed by atoms with E-state index in [1.165, 1.54) is 12.5 Å². The minimum absolute atomic E-state index is 0.119. The SMILES string of the molecule is CC(=O)NCC1CN(c2ccc(-c3ccc(C4(N)CC4)cc3)cc2)C(=O)O1. The molecule has 2 amide bonds. The van der Waals surface area contributed by atoms with Crippen molar-refractivity contribution in [2.45, 2.75) is 31.4 Å². The molecule has 1 aliphatic heterocycles. The molecule has 6 nitrogen and oxygen atoms in total. The summed E-state index contributed by atoms with van der Waals surface area (Å²) >= 11 is 0. The van der Waals surface area contributed by atoms with Gasteiger partial charge in [-0.1, -0.05) is 36.4 Å². The average molecular weight is 365 g/mol. The standard InChI is InChI=1S/C21H23N3O3/c1-14(25)23-12-19-13-24(20(26)27-19)18-8-4-16(5-9-18)15-2-6-17(7-3-15)21(22)10-11-21/h2-9,19H,10-13,22H2,1H3,(H,23,25). The lowest BCUT2D eigenvalue weighted by Crippen LogP contribution is -2.33. The average Bonchev–Trinajstić information content (AvgIpc) is 3.31. The first-order valence-corrected chi connectivity index (χ1v) is 9.17. The number of hydrogen-bond acceptors (Lipinski definition) is 4. The van der Waals surface area contributed by atoms with Gasteiger partial charge in [0.05, 0.1) is 13.1 Å². The highest BCUT2D eigenvalue weighted by Gasteiger charge is 2.39. The minimum Gasteiger partial charge on any atom is -0.442 e. The van der Waals surface area contributed by atoms with Gasteiger partial charge in [0.2, 0.25) is 5.91 Å². The number of nitrogens with one attached hydrogen (secondary N) is 1. The van der Waals surface area contributed by atoms with E-state index in [0.29, 0.717) is 13.1 Å². The van der Waals surface area contributed by atoms with Gasteiger partial charge in [0.25, 0.3) is 0 Å². The molecule has 1 unspecified atom stereocenters. The van der Waals surface area contributed by atoms with Gasteiger partial charge in [0.1, 0.15) is 6.10 Å². The Labute approximate surface area is 158 Å². The van der Waals surface area contributed by atoms with Crippen LogP contribution in [0.2, 0.25) is 0 Å². The van der Waals surface area contributed by atoms with E-state index in [0.717, 1.165) is 29.7 Å². The third kappa shape index (κ3) is 3.66. The first kappa shape index (κ1) is 17.5. The summed E-state index contributed by atoms with van der Waals surface area (Å²) in [5.74, 6) is -0.137. The molecule has 3 N–H and O–H groups in total. The van der Waals surface area contributed by atoms with Crippen LogP contribution in [-0.2, 0) is 15.1 Å². The molecule has 140 valence electrons. The summed E-state index contributed by atoms with van der Waals surface area (Å²) in [6.07, 6.45) is 1.38. The van der Waals surface area contributed by atoms with E-state index >= 15 is 0 Å². The smallest absolute Gasteiger partial charge is 0.414 e. The van der Waals surface area contributed by atoms with Crippen LogP contribution in [0.1, 0.15) is 25.3 Å². The minimum atomic E-state index is -0.389. The van der Waals surface area contributed by atoms with Gasteiger partial charge >= 0.3 is 6.09 Å². The number of ether oxygens (including phenoxy) is 1. The molecule has 1 saturated heterocycles. The lowest BCUT2D eigenvalue weighted by molar-refractivity contribution is -0.119. The summed E-state index contributed by atoms with van der Waals surface area (Å²) in [5, 5.41) is 2.68. The van der Waals surface area contributed by atoms with E-state index in [1.807, 2.05) is 24.3 Å². The van der Waals surface area contributed by atoms with Gasteiger partial charge in [0.15, 0.2) is 0 Å². The molecule has 2 aliphatic rings. The number of carbonyl (C=O) groups excluding carboxylic acids is 2. The monoisotopic (exact) mass is 365 g/mol. The predicted molar refractivity (Wildman–Crippen MR) is 103 cm³/mol. The lowest BCUT2D eigenvalue weighted by atomic mass is 10.00. The first-order chi connectivity index (χ1) is 12.9. The zero-order valence-electron chi connectivity index (χ0n) is 15.3. The number of anilines is 1. The number of cyclic esters (lactones) is 1. The fourth-order valence-electron chi connectivity index (χ4n) is 3.35. The molecule has 0 spiro atoms. The van der Waals surface area contributed by atoms with Crippen LogP contribution in [0.15, 0.2) is 48.5 Å². The van der Waals surface area contributed by atoms with E-state index in [1.54, 1.807) is 4.90 Å². The quantitative estimate of drug-likeness (QED) is 0.853. The number of amides is 2. The highest BCUT2D eigenvalue weighted by molar-refractivity contribution is 5.90. The summed E-state index contributed by atoms with van der Waals surface area (Å²) in [7, 11) is 0. The van der Waals surface area contributed by atoms with Gasteiger partial charge < -0.3 is 15.8 Å². The highest BCUT2D eigenvalue weighted by Crippen LogP contribution is 2.43. The Kier molecular flexibility index (Phi) is 4.36. The normalized spacial score (nSPS) is 20.3. The number of nitrogens with two attached hydrogens (primary N) is 1. The molecule has 2 fully saturated rings. The van der Waals surface area contributed by atoms with Gasteiger partial charge in [-0.3, -0.25) is 9.69 Å². The number of rotatable bonds is 5. The molecule has 1 atom stereocenters. The summed E-state index contributed by atoms with van der Waals surface area (Å²) in [5.41, 5.74) is 10.3. The van der Waals surface area contributed by atoms with Gasteiger partial charge in [-0.2, -0.15) is 0 Å². The maximum atomic E-state index is 12.1. The Bertz CT molecular complexity index is 857. The summed E-state index contributed by atoms with van der Waals surface area (Å²) in [6.45, 7) is 2.19. The van der Waals surface area contributed by atoms with Gasteiger partial charge in [0, 0.05) is 18.2 Å². The van der Waals surface area contributed by atoms with Crippen molar-refractivity contribution in [3.63, 3.8) is 0 Å². The van der Waals surface area contributed by atoms with Crippen LogP contribution >= 0.6 is 0 Å². The first-order valence-electron chi connectivity index (χ1n) is 9.17. The van der Waals surface area contributed by atoms with E-state index in [4.69, 9.17) is 10.5 Å². The molecule has 0 bridgehead atoms. The Balaban J connectivity index is 1.44. The van der Waals surface area contributed by atoms with Crippen LogP contribution < -0.4 is 16.0 Å². The van der Waals surface area contributed by atoms with E-state index in [2.05, 4.69) is 29.6 Å². The molecule has 1 aliphatic carbocycles. The highest BCUT2D eigenvalue weighted by atomic mass is 16.6. The maximum Gasteiger partial charge on any atom is 0.414 e. The van der Waals surface area contributed by atoms with E-state index < -0.39 is 0 Å². The van der Waals surface area contributed by atoms with Gasteiger partial charge in [-0.05, 0) is 41.7 Å². The summed E-state index contributed by atoms with van der Waals surface area (Å²) in [4.78, 5) is 24.7. The van der Waals surface area contributed by atoms with Crippen molar-refractivity contribution < 1.29 is 14.3 Å². The van der Waals surface area contributed by atoms with Gasteiger partial charge in [-0.15, -0.1) is 0 Å². The maximum absolute atomic E-state index is 12.1. The second kappa shape index (κ2) is 6.70. The van der Waals surface area contributed by atoms with Crippen molar-refractivity contribution in [1.29, 1.82) is 0 Å². The van der Waals surface area contributed by atoms with Crippen molar-refractivity contribution >= 4 is 17.7 Å². The Morgan fingerprint density at radius 3 is 2.30 bits per heavy atom.